The molecule has 0 aliphatic carbocycles. The highest BCUT2D eigenvalue weighted by molar-refractivity contribution is 6.99. The van der Waals surface area contributed by atoms with Crippen molar-refractivity contribution in [3.8, 4) is 0 Å². The molecule has 0 atom stereocenters. The van der Waals surface area contributed by atoms with Crippen LogP contribution in [0.25, 0.3) is 0 Å². The van der Waals surface area contributed by atoms with Crippen LogP contribution in [-0.2, 0) is 0 Å². The van der Waals surface area contributed by atoms with Crippen molar-refractivity contribution in [3.63, 3.8) is 0 Å². The minimum absolute atomic E-state index is 0.328. The summed E-state index contributed by atoms with van der Waals surface area (Å²) >= 11 is 0. The van der Waals surface area contributed by atoms with Gasteiger partial charge in [-0.05, 0) is 10.2 Å². The third kappa shape index (κ3) is 5.50. The molecule has 12 heavy (non-hydrogen) atoms. The van der Waals surface area contributed by atoms with Crippen molar-refractivity contribution in [1.29, 1.82) is 0 Å². The van der Waals surface area contributed by atoms with Gasteiger partial charge in [-0.3, -0.25) is 0 Å². The lowest BCUT2D eigenvalue weighted by Gasteiger charge is -2.31. The molecule has 0 aliphatic rings. The molecule has 0 aromatic heterocycles. The Hall–Kier alpha value is 0.868. The number of hydrogen-bond donors (Lipinski definition) is 0. The lowest BCUT2D eigenvalue weighted by molar-refractivity contribution is 1.47. The number of rotatable bonds is 5. The van der Waals surface area contributed by atoms with Crippen LogP contribution < -0.4 is 0 Å². The minimum Gasteiger partial charge on any atom is -0.0750 e. The van der Waals surface area contributed by atoms with E-state index in [1.807, 2.05) is 0 Å². The minimum atomic E-state index is -0.714. The quantitative estimate of drug-likeness (QED) is 0.632. The smallest absolute Gasteiger partial charge is 0.0416 e. The Bertz CT molecular complexity index is 131. The van der Waals surface area contributed by atoms with Gasteiger partial charge in [-0.15, -0.1) is 0 Å². The summed E-state index contributed by atoms with van der Waals surface area (Å²) in [5.74, 6) is 0. The first-order chi connectivity index (χ1) is 5.33. The predicted molar refractivity (Wildman–Crippen MR) is 73.7 cm³/mol. The molecule has 0 radical (unpaired) electrons. The lowest BCUT2D eigenvalue weighted by atomic mass is 11.7. The molecule has 0 saturated carbocycles. The molecule has 0 heterocycles. The van der Waals surface area contributed by atoms with Gasteiger partial charge in [-0.2, -0.15) is 0 Å². The van der Waals surface area contributed by atoms with Crippen molar-refractivity contribution in [3.05, 3.63) is 0 Å². The van der Waals surface area contributed by atoms with Crippen molar-refractivity contribution >= 4 is 35.9 Å². The van der Waals surface area contributed by atoms with Gasteiger partial charge in [0.15, 0.2) is 0 Å². The van der Waals surface area contributed by atoms with E-state index in [0.717, 1.165) is 0 Å². The summed E-state index contributed by atoms with van der Waals surface area (Å²) in [6.45, 7) is 12.9. The van der Waals surface area contributed by atoms with Gasteiger partial charge in [0.1, 0.15) is 0 Å². The van der Waals surface area contributed by atoms with Crippen molar-refractivity contribution in [1.82, 2.24) is 0 Å². The Morgan fingerprint density at radius 1 is 1.08 bits per heavy atom. The first-order valence-electron chi connectivity index (χ1n) is 5.33. The SMILES string of the molecule is C[SiH2]C[Si](C)(C)C[Si](C)(C)C[SiH3]. The Morgan fingerprint density at radius 2 is 1.58 bits per heavy atom. The van der Waals surface area contributed by atoms with E-state index in [-0.39, 0.29) is 0 Å². The fourth-order valence-corrected chi connectivity index (χ4v) is 23.5. The van der Waals surface area contributed by atoms with Crippen molar-refractivity contribution < 1.29 is 0 Å². The van der Waals surface area contributed by atoms with Crippen LogP contribution in [0.1, 0.15) is 0 Å². The summed E-state index contributed by atoms with van der Waals surface area (Å²) in [4.78, 5) is 0. The first-order valence-corrected chi connectivity index (χ1v) is 16.0. The van der Waals surface area contributed by atoms with E-state index in [1.165, 1.54) is 10.2 Å². The standard InChI is InChI=1S/C8H26Si4/c1-10-7-12(4,5)8-11(2,3)6-9/h6-8,10H2,1-5,9H3. The fourth-order valence-electron chi connectivity index (χ4n) is 2.19. The second-order valence-corrected chi connectivity index (χ2v) is 21.5. The van der Waals surface area contributed by atoms with Gasteiger partial charge in [0.25, 0.3) is 0 Å². The molecule has 74 valence electrons. The molecule has 4 heteroatoms. The van der Waals surface area contributed by atoms with Crippen LogP contribution in [0.5, 0.6) is 0 Å². The van der Waals surface area contributed by atoms with Gasteiger partial charge in [-0.25, -0.2) is 0 Å². The van der Waals surface area contributed by atoms with Gasteiger partial charge in [-0.1, -0.05) is 49.7 Å². The van der Waals surface area contributed by atoms with E-state index in [0.29, 0.717) is 9.52 Å². The lowest BCUT2D eigenvalue weighted by Crippen LogP contribution is -2.40. The van der Waals surface area contributed by atoms with Crippen LogP contribution >= 0.6 is 0 Å². The zero-order valence-electron chi connectivity index (χ0n) is 9.83. The third-order valence-corrected chi connectivity index (χ3v) is 25.6. The summed E-state index contributed by atoms with van der Waals surface area (Å²) in [7, 11) is 0.350. The van der Waals surface area contributed by atoms with Crippen molar-refractivity contribution in [2.75, 3.05) is 0 Å². The van der Waals surface area contributed by atoms with Crippen LogP contribution in [0.15, 0.2) is 0 Å². The van der Waals surface area contributed by atoms with Crippen molar-refractivity contribution in [2.24, 2.45) is 0 Å². The molecule has 0 N–H and O–H groups in total. The summed E-state index contributed by atoms with van der Waals surface area (Å²) in [6, 6.07) is 0. The maximum absolute atomic E-state index is 2.62. The second kappa shape index (κ2) is 4.93. The summed E-state index contributed by atoms with van der Waals surface area (Å²) in [5, 5.41) is 0. The average molecular weight is 235 g/mol. The van der Waals surface area contributed by atoms with Gasteiger partial charge in [0.2, 0.25) is 0 Å². The van der Waals surface area contributed by atoms with E-state index in [1.54, 1.807) is 17.0 Å². The van der Waals surface area contributed by atoms with Crippen LogP contribution in [0.2, 0.25) is 49.7 Å². The monoisotopic (exact) mass is 234 g/mol. The van der Waals surface area contributed by atoms with Crippen LogP contribution in [0.3, 0.4) is 0 Å². The van der Waals surface area contributed by atoms with E-state index in [2.05, 4.69) is 32.7 Å². The largest absolute Gasteiger partial charge is 0.0750 e. The van der Waals surface area contributed by atoms with Gasteiger partial charge < -0.3 is 0 Å². The van der Waals surface area contributed by atoms with E-state index in [4.69, 9.17) is 0 Å². The molecule has 0 aromatic carbocycles. The van der Waals surface area contributed by atoms with Gasteiger partial charge in [0, 0.05) is 25.7 Å². The molecule has 0 rings (SSSR count). The van der Waals surface area contributed by atoms with E-state index >= 15 is 0 Å². The molecular formula is C8H26Si4. The summed E-state index contributed by atoms with van der Waals surface area (Å²) in [6.07, 6.45) is 0. The highest BCUT2D eigenvalue weighted by Gasteiger charge is 2.29. The molecule has 0 bridgehead atoms. The van der Waals surface area contributed by atoms with Gasteiger partial charge >= 0.3 is 0 Å². The van der Waals surface area contributed by atoms with Crippen LogP contribution in [0, 0.1) is 0 Å². The van der Waals surface area contributed by atoms with Crippen LogP contribution in [0.4, 0.5) is 0 Å². The molecule has 0 nitrogen and oxygen atoms in total. The maximum Gasteiger partial charge on any atom is 0.0416 e. The topological polar surface area (TPSA) is 0 Å². The number of hydrogen-bond acceptors (Lipinski definition) is 0. The molecule has 0 amide bonds. The molecule has 0 unspecified atom stereocenters. The zero-order chi connectivity index (χ0) is 9.83. The average Bonchev–Trinajstić information content (AvgIpc) is 1.85. The Labute approximate surface area is 85.8 Å². The predicted octanol–water partition coefficient (Wildman–Crippen LogP) is 1.44. The molecule has 0 spiro atoms. The normalized spacial score (nSPS) is 14.8. The Balaban J connectivity index is 4.04. The van der Waals surface area contributed by atoms with Crippen LogP contribution in [-0.4, -0.2) is 35.9 Å². The summed E-state index contributed by atoms with van der Waals surface area (Å²) < 4.78 is 0. The summed E-state index contributed by atoms with van der Waals surface area (Å²) in [5.41, 5.74) is 5.00. The van der Waals surface area contributed by atoms with Gasteiger partial charge in [0.05, 0.1) is 0 Å². The first kappa shape index (κ1) is 12.9. The fraction of sp³-hybridized carbons (Fsp3) is 1.00. The maximum atomic E-state index is 2.62. The second-order valence-electron chi connectivity index (χ2n) is 5.61. The van der Waals surface area contributed by atoms with Crippen molar-refractivity contribution in [2.45, 2.75) is 49.7 Å². The molecule has 0 saturated heterocycles. The molecule has 0 aliphatic heterocycles. The molecule has 0 fully saturated rings. The van der Waals surface area contributed by atoms with E-state index < -0.39 is 16.1 Å². The molecule has 0 aromatic rings. The zero-order valence-corrected chi connectivity index (χ0v) is 15.2. The highest BCUT2D eigenvalue weighted by Crippen LogP contribution is 2.24. The van der Waals surface area contributed by atoms with E-state index in [9.17, 15) is 0 Å². The Kier molecular flexibility index (Phi) is 5.28. The third-order valence-electron chi connectivity index (χ3n) is 2.84. The highest BCUT2D eigenvalue weighted by atomic mass is 28.4. The Morgan fingerprint density at radius 3 is 1.92 bits per heavy atom. The molecular weight excluding hydrogens is 208 g/mol.